The average Bonchev–Trinajstić information content (AvgIpc) is 3.22. The Morgan fingerprint density at radius 3 is 2.00 bits per heavy atom. The van der Waals surface area contributed by atoms with E-state index in [1.807, 2.05) is 29.6 Å². The lowest BCUT2D eigenvalue weighted by Crippen LogP contribution is -2.11. The molecule has 0 N–H and O–H groups in total. The van der Waals surface area contributed by atoms with Crippen LogP contribution in [0.25, 0.3) is 11.3 Å². The summed E-state index contributed by atoms with van der Waals surface area (Å²) in [5, 5.41) is 27.2. The molecule has 0 fully saturated rings. The molecule has 0 aliphatic heterocycles. The number of non-ortho nitro benzene ring substituents is 1. The molecule has 3 aromatic carbocycles. The molecule has 7 nitrogen and oxygen atoms in total. The number of rotatable bonds is 6. The Morgan fingerprint density at radius 2 is 1.42 bits per heavy atom. The van der Waals surface area contributed by atoms with E-state index >= 15 is 0 Å². The maximum Gasteiger partial charge on any atom is 0.269 e. The molecule has 0 spiro atoms. The molecule has 1 heterocycles. The van der Waals surface area contributed by atoms with Crippen molar-refractivity contribution >= 4 is 52.7 Å². The number of thiazole rings is 1. The third-order valence-corrected chi connectivity index (χ3v) is 5.78. The van der Waals surface area contributed by atoms with E-state index in [9.17, 15) is 10.1 Å². The number of benzene rings is 3. The second-order valence-electron chi connectivity index (χ2n) is 6.71. The minimum absolute atomic E-state index is 0.0164. The SMILES string of the molecule is O=[N+]([O-])c1ccc(-c2cs/c(=N\N=C\c3ccc(Cl)cc3)n2/N=C/c2ccc(Cl)cc2)cc1. The maximum atomic E-state index is 11.0. The number of aromatic nitrogens is 1. The number of nitrogens with zero attached hydrogens (tertiary/aromatic N) is 5. The van der Waals surface area contributed by atoms with E-state index in [0.717, 1.165) is 22.4 Å². The highest BCUT2D eigenvalue weighted by molar-refractivity contribution is 7.07. The highest BCUT2D eigenvalue weighted by Gasteiger charge is 2.10. The molecule has 0 atom stereocenters. The summed E-state index contributed by atoms with van der Waals surface area (Å²) < 4.78 is 1.64. The number of hydrogen-bond acceptors (Lipinski definition) is 6. The fraction of sp³-hybridized carbons (Fsp3) is 0. The summed E-state index contributed by atoms with van der Waals surface area (Å²) >= 11 is 13.2. The Bertz CT molecular complexity index is 1390. The van der Waals surface area contributed by atoms with Crippen molar-refractivity contribution in [1.82, 2.24) is 4.68 Å². The molecule has 4 rings (SSSR count). The third kappa shape index (κ3) is 5.81. The molecule has 164 valence electrons. The summed E-state index contributed by atoms with van der Waals surface area (Å²) in [5.41, 5.74) is 3.20. The molecule has 0 radical (unpaired) electrons. The number of hydrogen-bond donors (Lipinski definition) is 0. The fourth-order valence-corrected chi connectivity index (χ4v) is 3.84. The van der Waals surface area contributed by atoms with Gasteiger partial charge in [-0.25, -0.2) is 4.68 Å². The molecule has 0 aliphatic carbocycles. The zero-order valence-corrected chi connectivity index (χ0v) is 19.2. The van der Waals surface area contributed by atoms with Gasteiger partial charge in [0.05, 0.1) is 23.0 Å². The standard InChI is InChI=1S/C23H15Cl2N5O2S/c24-19-7-1-16(2-8-19)13-26-28-23-29(27-14-17-3-9-20(25)10-4-17)22(15-33-23)18-5-11-21(12-6-18)30(31)32/h1-15H/b26-13+,27-14+,28-23-. The Labute approximate surface area is 202 Å². The highest BCUT2D eigenvalue weighted by Crippen LogP contribution is 2.23. The third-order valence-electron chi connectivity index (χ3n) is 4.47. The van der Waals surface area contributed by atoms with Gasteiger partial charge in [-0.05, 0) is 47.5 Å². The van der Waals surface area contributed by atoms with E-state index in [1.54, 1.807) is 53.5 Å². The summed E-state index contributed by atoms with van der Waals surface area (Å²) in [7, 11) is 0. The first kappa shape index (κ1) is 22.6. The predicted octanol–water partition coefficient (Wildman–Crippen LogP) is 6.25. The van der Waals surface area contributed by atoms with Gasteiger partial charge in [0.2, 0.25) is 4.80 Å². The highest BCUT2D eigenvalue weighted by atomic mass is 35.5. The second-order valence-corrected chi connectivity index (χ2v) is 8.42. The van der Waals surface area contributed by atoms with Crippen LogP contribution in [0.1, 0.15) is 11.1 Å². The van der Waals surface area contributed by atoms with Gasteiger partial charge in [-0.15, -0.1) is 16.4 Å². The van der Waals surface area contributed by atoms with Crippen LogP contribution >= 0.6 is 34.5 Å². The molecular weight excluding hydrogens is 481 g/mol. The molecule has 10 heteroatoms. The molecule has 0 amide bonds. The second kappa shape index (κ2) is 10.4. The van der Waals surface area contributed by atoms with Crippen molar-refractivity contribution in [3.63, 3.8) is 0 Å². The van der Waals surface area contributed by atoms with E-state index in [-0.39, 0.29) is 5.69 Å². The van der Waals surface area contributed by atoms with Crippen molar-refractivity contribution in [1.29, 1.82) is 0 Å². The van der Waals surface area contributed by atoms with Crippen LogP contribution < -0.4 is 4.80 Å². The van der Waals surface area contributed by atoms with Gasteiger partial charge in [-0.1, -0.05) is 47.5 Å². The topological polar surface area (TPSA) is 85.1 Å². The molecule has 0 aliphatic rings. The van der Waals surface area contributed by atoms with Crippen molar-refractivity contribution in [3.05, 3.63) is 114 Å². The fourth-order valence-electron chi connectivity index (χ4n) is 2.80. The largest absolute Gasteiger partial charge is 0.269 e. The van der Waals surface area contributed by atoms with Crippen molar-refractivity contribution in [2.75, 3.05) is 0 Å². The summed E-state index contributed by atoms with van der Waals surface area (Å²) in [6.07, 6.45) is 3.30. The van der Waals surface area contributed by atoms with Crippen LogP contribution in [0.2, 0.25) is 10.0 Å². The molecular formula is C23H15Cl2N5O2S. The van der Waals surface area contributed by atoms with Crippen LogP contribution in [0.15, 0.2) is 93.5 Å². The molecule has 0 bridgehead atoms. The first-order chi connectivity index (χ1) is 16.0. The maximum absolute atomic E-state index is 11.0. The van der Waals surface area contributed by atoms with Crippen LogP contribution in [0.5, 0.6) is 0 Å². The Kier molecular flexibility index (Phi) is 7.09. The minimum Gasteiger partial charge on any atom is -0.258 e. The van der Waals surface area contributed by atoms with Gasteiger partial charge in [-0.2, -0.15) is 10.2 Å². The van der Waals surface area contributed by atoms with Crippen molar-refractivity contribution in [2.45, 2.75) is 0 Å². The van der Waals surface area contributed by atoms with E-state index in [2.05, 4.69) is 15.3 Å². The van der Waals surface area contributed by atoms with Gasteiger partial charge < -0.3 is 0 Å². The first-order valence-corrected chi connectivity index (χ1v) is 11.2. The van der Waals surface area contributed by atoms with Crippen LogP contribution in [0, 0.1) is 10.1 Å². The Balaban J connectivity index is 1.73. The van der Waals surface area contributed by atoms with Gasteiger partial charge in [0.1, 0.15) is 0 Å². The predicted molar refractivity (Wildman–Crippen MR) is 133 cm³/mol. The van der Waals surface area contributed by atoms with E-state index in [1.165, 1.54) is 23.5 Å². The monoisotopic (exact) mass is 495 g/mol. The minimum atomic E-state index is -0.434. The van der Waals surface area contributed by atoms with E-state index < -0.39 is 4.92 Å². The summed E-state index contributed by atoms with van der Waals surface area (Å²) in [4.78, 5) is 11.1. The molecule has 1 aromatic heterocycles. The molecule has 0 saturated heterocycles. The zero-order chi connectivity index (χ0) is 23.2. The lowest BCUT2D eigenvalue weighted by atomic mass is 10.1. The summed E-state index contributed by atoms with van der Waals surface area (Å²) in [6, 6.07) is 20.7. The lowest BCUT2D eigenvalue weighted by molar-refractivity contribution is -0.384. The molecule has 33 heavy (non-hydrogen) atoms. The van der Waals surface area contributed by atoms with Crippen molar-refractivity contribution < 1.29 is 4.92 Å². The quantitative estimate of drug-likeness (QED) is 0.180. The van der Waals surface area contributed by atoms with E-state index in [4.69, 9.17) is 23.2 Å². The number of nitro groups is 1. The van der Waals surface area contributed by atoms with E-state index in [0.29, 0.717) is 14.8 Å². The zero-order valence-electron chi connectivity index (χ0n) is 16.9. The Hall–Kier alpha value is -3.59. The van der Waals surface area contributed by atoms with Gasteiger partial charge in [-0.3, -0.25) is 10.1 Å². The smallest absolute Gasteiger partial charge is 0.258 e. The normalized spacial score (nSPS) is 12.1. The van der Waals surface area contributed by atoms with Crippen LogP contribution in [0.4, 0.5) is 5.69 Å². The van der Waals surface area contributed by atoms with Gasteiger partial charge in [0.15, 0.2) is 0 Å². The molecule has 0 unspecified atom stereocenters. The Morgan fingerprint density at radius 1 is 0.848 bits per heavy atom. The van der Waals surface area contributed by atoms with Crippen LogP contribution in [0.3, 0.4) is 0 Å². The number of nitro benzene ring substituents is 1. The lowest BCUT2D eigenvalue weighted by Gasteiger charge is -2.03. The van der Waals surface area contributed by atoms with Crippen molar-refractivity contribution in [2.24, 2.45) is 15.3 Å². The van der Waals surface area contributed by atoms with Gasteiger partial charge in [0, 0.05) is 33.1 Å². The summed E-state index contributed by atoms with van der Waals surface area (Å²) in [5.74, 6) is 0. The number of halogens is 2. The molecule has 0 saturated carbocycles. The average molecular weight is 496 g/mol. The van der Waals surface area contributed by atoms with Crippen LogP contribution in [-0.4, -0.2) is 22.0 Å². The molecule has 4 aromatic rings. The van der Waals surface area contributed by atoms with Gasteiger partial charge in [0.25, 0.3) is 5.69 Å². The first-order valence-electron chi connectivity index (χ1n) is 9.57. The van der Waals surface area contributed by atoms with Gasteiger partial charge >= 0.3 is 0 Å². The summed E-state index contributed by atoms with van der Waals surface area (Å²) in [6.45, 7) is 0. The van der Waals surface area contributed by atoms with Crippen molar-refractivity contribution in [3.8, 4) is 11.3 Å². The van der Waals surface area contributed by atoms with Crippen LogP contribution in [-0.2, 0) is 0 Å².